The van der Waals surface area contributed by atoms with Crippen molar-refractivity contribution in [2.24, 2.45) is 15.3 Å². The van der Waals surface area contributed by atoms with E-state index in [1.807, 2.05) is 0 Å². The van der Waals surface area contributed by atoms with E-state index < -0.39 is 16.7 Å². The summed E-state index contributed by atoms with van der Waals surface area (Å²) in [6.45, 7) is 3.45. The second kappa shape index (κ2) is 4.97. The molecule has 0 radical (unpaired) electrons. The Morgan fingerprint density at radius 1 is 1.38 bits per heavy atom. The number of non-ortho nitro benzene ring substituents is 1. The predicted molar refractivity (Wildman–Crippen MR) is 77.2 cm³/mol. The Labute approximate surface area is 122 Å². The van der Waals surface area contributed by atoms with E-state index >= 15 is 0 Å². The molecule has 0 fully saturated rings. The zero-order chi connectivity index (χ0) is 15.8. The van der Waals surface area contributed by atoms with E-state index in [9.17, 15) is 15.2 Å². The molecule has 0 saturated heterocycles. The Balaban J connectivity index is 2.22. The molecule has 8 heteroatoms. The fraction of sp³-hybridized carbons (Fsp3) is 0.462. The molecule has 21 heavy (non-hydrogen) atoms. The first kappa shape index (κ1) is 15.2. The van der Waals surface area contributed by atoms with Gasteiger partial charge in [0, 0.05) is 19.1 Å². The van der Waals surface area contributed by atoms with Gasteiger partial charge in [-0.05, 0) is 19.1 Å². The van der Waals surface area contributed by atoms with Crippen LogP contribution < -0.4 is 0 Å². The van der Waals surface area contributed by atoms with Gasteiger partial charge in [0.05, 0.1) is 24.7 Å². The van der Waals surface area contributed by atoms with Gasteiger partial charge in [0.25, 0.3) is 11.4 Å². The molecule has 0 aliphatic carbocycles. The van der Waals surface area contributed by atoms with Gasteiger partial charge < -0.3 is 5.11 Å². The second-order valence-electron chi connectivity index (χ2n) is 5.62. The highest BCUT2D eigenvalue weighted by Gasteiger charge is 2.55. The maximum Gasteiger partial charge on any atom is 0.269 e. The van der Waals surface area contributed by atoms with E-state index in [0.717, 1.165) is 0 Å². The number of benzene rings is 1. The van der Waals surface area contributed by atoms with Crippen LogP contribution in [0.1, 0.15) is 13.8 Å². The minimum atomic E-state index is -1.19. The van der Waals surface area contributed by atoms with Crippen molar-refractivity contribution in [2.45, 2.75) is 25.6 Å². The molecule has 1 aliphatic heterocycles. The van der Waals surface area contributed by atoms with Crippen molar-refractivity contribution < 1.29 is 14.6 Å². The maximum absolute atomic E-state index is 10.6. The maximum atomic E-state index is 10.6. The zero-order valence-electron chi connectivity index (χ0n) is 12.4. The Morgan fingerprint density at radius 2 is 1.95 bits per heavy atom. The van der Waals surface area contributed by atoms with Crippen molar-refractivity contribution in [1.29, 1.82) is 0 Å². The summed E-state index contributed by atoms with van der Waals surface area (Å²) >= 11 is 0. The van der Waals surface area contributed by atoms with Gasteiger partial charge in [0.15, 0.2) is 6.04 Å². The number of likely N-dealkylation sites (N-methyl/N-ethyl adjacent to an activating group) is 1. The monoisotopic (exact) mass is 292 g/mol. The lowest BCUT2D eigenvalue weighted by molar-refractivity contribution is -0.964. The summed E-state index contributed by atoms with van der Waals surface area (Å²) in [7, 11) is 3.57. The van der Waals surface area contributed by atoms with Crippen LogP contribution in [-0.4, -0.2) is 46.2 Å². The molecule has 0 amide bonds. The van der Waals surface area contributed by atoms with Crippen LogP contribution in [-0.2, 0) is 0 Å². The highest BCUT2D eigenvalue weighted by Crippen LogP contribution is 2.33. The molecule has 1 N–H and O–H groups in total. The van der Waals surface area contributed by atoms with Gasteiger partial charge in [0.2, 0.25) is 0 Å². The summed E-state index contributed by atoms with van der Waals surface area (Å²) < 4.78 is 0.0583. The number of azo groups is 1. The van der Waals surface area contributed by atoms with Crippen molar-refractivity contribution in [2.75, 3.05) is 14.1 Å². The van der Waals surface area contributed by atoms with Crippen LogP contribution in [0.3, 0.4) is 0 Å². The van der Waals surface area contributed by atoms with Crippen molar-refractivity contribution in [3.8, 4) is 0 Å². The molecule has 2 atom stereocenters. The molecule has 0 aromatic heterocycles. The third-order valence-electron chi connectivity index (χ3n) is 3.78. The van der Waals surface area contributed by atoms with Crippen molar-refractivity contribution >= 4 is 17.1 Å². The molecule has 2 rings (SSSR count). The quantitative estimate of drug-likeness (QED) is 0.400. The normalized spacial score (nSPS) is 27.9. The highest BCUT2D eigenvalue weighted by atomic mass is 16.6. The van der Waals surface area contributed by atoms with E-state index in [0.29, 0.717) is 11.4 Å². The molecule has 1 aromatic rings. The van der Waals surface area contributed by atoms with Gasteiger partial charge in [-0.25, -0.2) is 0 Å². The number of rotatable bonds is 3. The number of aliphatic hydroxyl groups is 1. The van der Waals surface area contributed by atoms with Crippen LogP contribution in [0.15, 0.2) is 39.6 Å². The average molecular weight is 292 g/mol. The number of quaternary nitrogens is 1. The number of hydrogen-bond donors (Lipinski definition) is 1. The Kier molecular flexibility index (Phi) is 3.60. The first-order valence-corrected chi connectivity index (χ1v) is 6.43. The first-order chi connectivity index (χ1) is 9.65. The van der Waals surface area contributed by atoms with Gasteiger partial charge in [-0.1, -0.05) is 5.10 Å². The predicted octanol–water partition coefficient (Wildman–Crippen LogP) is 2.22. The van der Waals surface area contributed by atoms with Crippen molar-refractivity contribution in [3.63, 3.8) is 0 Å². The van der Waals surface area contributed by atoms with Crippen LogP contribution in [0.25, 0.3) is 0 Å². The number of nitrogens with zero attached hydrogens (tertiary/aromatic N) is 5. The summed E-state index contributed by atoms with van der Waals surface area (Å²) in [6, 6.07) is 5.20. The standard InChI is InChI=1S/C13H18N5O3/c1-9-12(13(2,19)18(3,4)16-9)15-14-10-5-7-11(8-6-10)17(20)21/h5-8,12,19H,1-4H3/q+1. The molecule has 1 heterocycles. The van der Waals surface area contributed by atoms with E-state index in [-0.39, 0.29) is 10.3 Å². The van der Waals surface area contributed by atoms with Crippen LogP contribution in [0.5, 0.6) is 0 Å². The molecule has 2 unspecified atom stereocenters. The summed E-state index contributed by atoms with van der Waals surface area (Å²) in [5.74, 6) is 0. The van der Waals surface area contributed by atoms with E-state index in [4.69, 9.17) is 0 Å². The smallest absolute Gasteiger partial charge is 0.269 e. The molecular formula is C13H18N5O3+. The van der Waals surface area contributed by atoms with Gasteiger partial charge >= 0.3 is 0 Å². The summed E-state index contributed by atoms with van der Waals surface area (Å²) in [6.07, 6.45) is 0. The number of hydrogen-bond acceptors (Lipinski definition) is 6. The third-order valence-corrected chi connectivity index (χ3v) is 3.78. The Bertz CT molecular complexity index is 619. The fourth-order valence-electron chi connectivity index (χ4n) is 2.20. The van der Waals surface area contributed by atoms with Gasteiger partial charge in [0.1, 0.15) is 5.71 Å². The summed E-state index contributed by atoms with van der Waals surface area (Å²) in [5, 5.41) is 33.7. The van der Waals surface area contributed by atoms with Crippen LogP contribution in [0.2, 0.25) is 0 Å². The van der Waals surface area contributed by atoms with E-state index in [2.05, 4.69) is 15.3 Å². The summed E-state index contributed by atoms with van der Waals surface area (Å²) in [5.41, 5.74) is -0.0108. The molecule has 1 aliphatic rings. The van der Waals surface area contributed by atoms with Crippen molar-refractivity contribution in [1.82, 2.24) is 0 Å². The van der Waals surface area contributed by atoms with Gasteiger partial charge in [-0.3, -0.25) is 10.1 Å². The Hall–Kier alpha value is -2.19. The number of nitro benzene ring substituents is 1. The molecule has 1 aromatic carbocycles. The lowest BCUT2D eigenvalue weighted by Gasteiger charge is -2.33. The molecular weight excluding hydrogens is 274 g/mol. The van der Waals surface area contributed by atoms with Gasteiger partial charge in [-0.15, -0.1) is 0 Å². The molecule has 0 spiro atoms. The van der Waals surface area contributed by atoms with Gasteiger partial charge in [-0.2, -0.15) is 14.8 Å². The van der Waals surface area contributed by atoms with Crippen LogP contribution in [0.4, 0.5) is 11.4 Å². The molecule has 0 bridgehead atoms. The third kappa shape index (κ3) is 2.67. The second-order valence-corrected chi connectivity index (χ2v) is 5.62. The summed E-state index contributed by atoms with van der Waals surface area (Å²) in [4.78, 5) is 10.1. The molecule has 112 valence electrons. The lowest BCUT2D eigenvalue weighted by Crippen LogP contribution is -2.56. The van der Waals surface area contributed by atoms with E-state index in [1.54, 1.807) is 27.9 Å². The van der Waals surface area contributed by atoms with Crippen LogP contribution in [0, 0.1) is 10.1 Å². The largest absolute Gasteiger partial charge is 0.339 e. The van der Waals surface area contributed by atoms with Crippen molar-refractivity contribution in [3.05, 3.63) is 34.4 Å². The highest BCUT2D eigenvalue weighted by molar-refractivity contribution is 5.88. The minimum absolute atomic E-state index is 0.00245. The SMILES string of the molecule is CC1=N[N+](C)(C)C(C)(O)C1N=Nc1ccc([N+](=O)[O-])cc1. The topological polar surface area (TPSA) is 100 Å². The average Bonchev–Trinajstić information content (AvgIpc) is 2.53. The Morgan fingerprint density at radius 3 is 2.38 bits per heavy atom. The first-order valence-electron chi connectivity index (χ1n) is 6.43. The minimum Gasteiger partial charge on any atom is -0.339 e. The zero-order valence-corrected chi connectivity index (χ0v) is 12.4. The number of nitro groups is 1. The molecule has 0 saturated carbocycles. The van der Waals surface area contributed by atoms with Crippen LogP contribution >= 0.6 is 0 Å². The lowest BCUT2D eigenvalue weighted by atomic mass is 10.0. The fourth-order valence-corrected chi connectivity index (χ4v) is 2.20. The van der Waals surface area contributed by atoms with E-state index in [1.165, 1.54) is 24.3 Å². The molecule has 8 nitrogen and oxygen atoms in total.